The molecule has 0 fully saturated rings. The Morgan fingerprint density at radius 3 is 2.63 bits per heavy atom. The number of para-hydroxylation sites is 1. The van der Waals surface area contributed by atoms with E-state index in [0.717, 1.165) is 11.4 Å². The van der Waals surface area contributed by atoms with Crippen LogP contribution in [0.2, 0.25) is 5.02 Å². The summed E-state index contributed by atoms with van der Waals surface area (Å²) in [5, 5.41) is 3.38. The first-order valence-corrected chi connectivity index (χ1v) is 6.45. The fourth-order valence-corrected chi connectivity index (χ4v) is 2.44. The first-order valence-electron chi connectivity index (χ1n) is 6.08. The van der Waals surface area contributed by atoms with Crippen LogP contribution in [-0.4, -0.2) is 12.5 Å². The minimum absolute atomic E-state index is 0.0545. The van der Waals surface area contributed by atoms with Crippen molar-refractivity contribution in [2.24, 2.45) is 0 Å². The molecule has 1 heterocycles. The molecule has 2 aromatic carbocycles. The van der Waals surface area contributed by atoms with Gasteiger partial charge < -0.3 is 10.2 Å². The predicted molar refractivity (Wildman–Crippen MR) is 78.3 cm³/mol. The number of amides is 1. The maximum Gasteiger partial charge on any atom is 0.244 e. The molecule has 1 aliphatic heterocycles. The third kappa shape index (κ3) is 2.17. The molecule has 0 bridgehead atoms. The van der Waals surface area contributed by atoms with Crippen molar-refractivity contribution in [3.8, 4) is 0 Å². The van der Waals surface area contributed by atoms with E-state index in [1.807, 2.05) is 48.2 Å². The van der Waals surface area contributed by atoms with Crippen LogP contribution in [0.5, 0.6) is 0 Å². The first kappa shape index (κ1) is 12.1. The molecule has 0 atom stereocenters. The lowest BCUT2D eigenvalue weighted by Gasteiger charge is -2.31. The number of anilines is 3. The summed E-state index contributed by atoms with van der Waals surface area (Å²) in [6.45, 7) is 2.34. The van der Waals surface area contributed by atoms with Crippen molar-refractivity contribution in [2.75, 3.05) is 16.8 Å². The fraction of sp³-hybridized carbons (Fsp3) is 0.133. The summed E-state index contributed by atoms with van der Waals surface area (Å²) in [5.74, 6) is -0.0545. The molecule has 1 N–H and O–H groups in total. The summed E-state index contributed by atoms with van der Waals surface area (Å²) in [5.41, 5.74) is 3.79. The van der Waals surface area contributed by atoms with Crippen LogP contribution in [0.3, 0.4) is 0 Å². The Morgan fingerprint density at radius 1 is 1.16 bits per heavy atom. The molecule has 3 rings (SSSR count). The highest BCUT2D eigenvalue weighted by Gasteiger charge is 2.24. The Kier molecular flexibility index (Phi) is 2.91. The number of carbonyl (C=O) groups excluding carboxylic acids is 1. The Labute approximate surface area is 116 Å². The molecule has 0 aliphatic carbocycles. The molecule has 0 radical (unpaired) electrons. The zero-order chi connectivity index (χ0) is 13.4. The molecule has 0 saturated heterocycles. The van der Waals surface area contributed by atoms with Gasteiger partial charge in [0.15, 0.2) is 0 Å². The van der Waals surface area contributed by atoms with E-state index < -0.39 is 0 Å². The Balaban J connectivity index is 2.11. The average Bonchev–Trinajstić information content (AvgIpc) is 2.40. The smallest absolute Gasteiger partial charge is 0.244 e. The van der Waals surface area contributed by atoms with Gasteiger partial charge in [0.1, 0.15) is 6.54 Å². The number of hydrogen-bond donors (Lipinski definition) is 1. The Hall–Kier alpha value is -2.00. The van der Waals surface area contributed by atoms with Crippen molar-refractivity contribution in [3.05, 3.63) is 53.1 Å². The van der Waals surface area contributed by atoms with Crippen LogP contribution < -0.4 is 10.2 Å². The quantitative estimate of drug-likeness (QED) is 0.858. The van der Waals surface area contributed by atoms with Gasteiger partial charge in [-0.25, -0.2) is 0 Å². The zero-order valence-electron chi connectivity index (χ0n) is 10.5. The molecule has 1 amide bonds. The minimum atomic E-state index is -0.0545. The van der Waals surface area contributed by atoms with E-state index >= 15 is 0 Å². The molecule has 0 aromatic heterocycles. The van der Waals surface area contributed by atoms with Crippen LogP contribution >= 0.6 is 11.6 Å². The summed E-state index contributed by atoms with van der Waals surface area (Å²) in [6.07, 6.45) is 0. The molecule has 3 nitrogen and oxygen atoms in total. The van der Waals surface area contributed by atoms with E-state index in [0.29, 0.717) is 17.3 Å². The van der Waals surface area contributed by atoms with Crippen molar-refractivity contribution in [1.29, 1.82) is 0 Å². The highest BCUT2D eigenvalue weighted by molar-refractivity contribution is 6.35. The molecule has 19 heavy (non-hydrogen) atoms. The van der Waals surface area contributed by atoms with Gasteiger partial charge in [0.05, 0.1) is 16.4 Å². The van der Waals surface area contributed by atoms with Crippen LogP contribution in [0.4, 0.5) is 17.1 Å². The predicted octanol–water partition coefficient (Wildman–Crippen LogP) is 3.74. The van der Waals surface area contributed by atoms with Gasteiger partial charge in [0, 0.05) is 5.69 Å². The third-order valence-corrected chi connectivity index (χ3v) is 3.51. The van der Waals surface area contributed by atoms with Crippen molar-refractivity contribution in [2.45, 2.75) is 6.92 Å². The fourth-order valence-electron chi connectivity index (χ4n) is 2.22. The number of nitrogens with zero attached hydrogens (tertiary/aromatic N) is 1. The molecule has 0 spiro atoms. The lowest BCUT2D eigenvalue weighted by molar-refractivity contribution is -0.115. The van der Waals surface area contributed by atoms with Gasteiger partial charge in [0.25, 0.3) is 0 Å². The van der Waals surface area contributed by atoms with E-state index in [1.165, 1.54) is 5.56 Å². The topological polar surface area (TPSA) is 32.3 Å². The molecule has 4 heteroatoms. The summed E-state index contributed by atoms with van der Waals surface area (Å²) < 4.78 is 0. The summed E-state index contributed by atoms with van der Waals surface area (Å²) in [4.78, 5) is 13.8. The molecule has 0 saturated carbocycles. The van der Waals surface area contributed by atoms with Gasteiger partial charge in [0.2, 0.25) is 5.91 Å². The van der Waals surface area contributed by atoms with Crippen LogP contribution in [0.1, 0.15) is 5.56 Å². The number of nitrogens with one attached hydrogen (secondary N) is 1. The van der Waals surface area contributed by atoms with Gasteiger partial charge in [-0.1, -0.05) is 35.4 Å². The number of aryl methyl sites for hydroxylation is 1. The van der Waals surface area contributed by atoms with Gasteiger partial charge in [-0.05, 0) is 31.2 Å². The molecule has 96 valence electrons. The van der Waals surface area contributed by atoms with Crippen molar-refractivity contribution >= 4 is 34.6 Å². The van der Waals surface area contributed by atoms with E-state index in [2.05, 4.69) is 5.32 Å². The Bertz CT molecular complexity index is 637. The highest BCUT2D eigenvalue weighted by Crippen LogP contribution is 2.39. The number of benzene rings is 2. The van der Waals surface area contributed by atoms with Crippen LogP contribution in [0, 0.1) is 6.92 Å². The van der Waals surface area contributed by atoms with Gasteiger partial charge >= 0.3 is 0 Å². The number of rotatable bonds is 1. The number of carbonyl (C=O) groups is 1. The second kappa shape index (κ2) is 4.59. The van der Waals surface area contributed by atoms with E-state index in [9.17, 15) is 4.79 Å². The second-order valence-electron chi connectivity index (χ2n) is 4.60. The number of hydrogen-bond acceptors (Lipinski definition) is 2. The van der Waals surface area contributed by atoms with Crippen LogP contribution in [0.15, 0.2) is 42.5 Å². The van der Waals surface area contributed by atoms with Crippen molar-refractivity contribution in [3.63, 3.8) is 0 Å². The third-order valence-electron chi connectivity index (χ3n) is 3.19. The van der Waals surface area contributed by atoms with Gasteiger partial charge in [-0.3, -0.25) is 4.79 Å². The number of fused-ring (bicyclic) bond motifs is 1. The SMILES string of the molecule is Cc1ccc(N2CC(=O)Nc3c(Cl)cccc32)cc1. The molecule has 0 unspecified atom stereocenters. The summed E-state index contributed by atoms with van der Waals surface area (Å²) in [6, 6.07) is 13.7. The number of halogens is 1. The van der Waals surface area contributed by atoms with Crippen molar-refractivity contribution in [1.82, 2.24) is 0 Å². The van der Waals surface area contributed by atoms with E-state index in [4.69, 9.17) is 11.6 Å². The monoisotopic (exact) mass is 272 g/mol. The summed E-state index contributed by atoms with van der Waals surface area (Å²) >= 11 is 6.14. The van der Waals surface area contributed by atoms with Gasteiger partial charge in [-0.2, -0.15) is 0 Å². The highest BCUT2D eigenvalue weighted by atomic mass is 35.5. The second-order valence-corrected chi connectivity index (χ2v) is 5.01. The van der Waals surface area contributed by atoms with E-state index in [-0.39, 0.29) is 5.91 Å². The van der Waals surface area contributed by atoms with Crippen LogP contribution in [0.25, 0.3) is 0 Å². The lowest BCUT2D eigenvalue weighted by Crippen LogP contribution is -2.35. The summed E-state index contributed by atoms with van der Waals surface area (Å²) in [7, 11) is 0. The molecule has 2 aromatic rings. The van der Waals surface area contributed by atoms with Crippen molar-refractivity contribution < 1.29 is 4.79 Å². The van der Waals surface area contributed by atoms with E-state index in [1.54, 1.807) is 6.07 Å². The largest absolute Gasteiger partial charge is 0.330 e. The lowest BCUT2D eigenvalue weighted by atomic mass is 10.1. The maximum atomic E-state index is 11.8. The molecule has 1 aliphatic rings. The standard InChI is InChI=1S/C15H13ClN2O/c1-10-5-7-11(8-6-10)18-9-14(19)17-15-12(16)3-2-4-13(15)18/h2-8H,9H2,1H3,(H,17,19). The zero-order valence-corrected chi connectivity index (χ0v) is 11.2. The normalized spacial score (nSPS) is 14.0. The molecular weight excluding hydrogens is 260 g/mol. The first-order chi connectivity index (χ1) is 9.15. The molecular formula is C15H13ClN2O. The maximum absolute atomic E-state index is 11.8. The average molecular weight is 273 g/mol. The minimum Gasteiger partial charge on any atom is -0.330 e. The van der Waals surface area contributed by atoms with Gasteiger partial charge in [-0.15, -0.1) is 0 Å². The Morgan fingerprint density at radius 2 is 1.89 bits per heavy atom. The van der Waals surface area contributed by atoms with Crippen LogP contribution in [-0.2, 0) is 4.79 Å².